The fraction of sp³-hybridized carbons (Fsp3) is 0.586. The quantitative estimate of drug-likeness (QED) is 0.406. The molecular formula is C29H38N2O5S2. The van der Waals surface area contributed by atoms with Crippen LogP contribution in [-0.2, 0) is 37.4 Å². The molecule has 3 aliphatic rings. The van der Waals surface area contributed by atoms with Gasteiger partial charge >= 0.3 is 0 Å². The molecule has 3 atom stereocenters. The zero-order valence-electron chi connectivity index (χ0n) is 22.3. The second-order valence-corrected chi connectivity index (χ2v) is 14.7. The van der Waals surface area contributed by atoms with Gasteiger partial charge < -0.3 is 9.64 Å². The van der Waals surface area contributed by atoms with Crippen molar-refractivity contribution < 1.29 is 22.7 Å². The van der Waals surface area contributed by atoms with Gasteiger partial charge in [-0.3, -0.25) is 9.59 Å². The molecule has 3 unspecified atom stereocenters. The van der Waals surface area contributed by atoms with Crippen LogP contribution in [0.15, 0.2) is 47.8 Å². The van der Waals surface area contributed by atoms with E-state index in [-0.39, 0.29) is 48.0 Å². The third-order valence-corrected chi connectivity index (χ3v) is 12.0. The maximum Gasteiger partial charge on any atom is 0.238 e. The van der Waals surface area contributed by atoms with E-state index in [0.29, 0.717) is 32.5 Å². The smallest absolute Gasteiger partial charge is 0.238 e. The molecule has 0 radical (unpaired) electrons. The highest BCUT2D eigenvalue weighted by molar-refractivity contribution is 7.89. The van der Waals surface area contributed by atoms with Crippen LogP contribution < -0.4 is 0 Å². The van der Waals surface area contributed by atoms with Crippen LogP contribution in [-0.4, -0.2) is 60.9 Å². The van der Waals surface area contributed by atoms with Crippen molar-refractivity contribution in [2.24, 2.45) is 16.7 Å². The highest BCUT2D eigenvalue weighted by Gasteiger charge is 2.65. The number of thiophene rings is 1. The summed E-state index contributed by atoms with van der Waals surface area (Å²) in [4.78, 5) is 29.7. The lowest BCUT2D eigenvalue weighted by Gasteiger charge is -2.38. The van der Waals surface area contributed by atoms with Gasteiger partial charge in [-0.1, -0.05) is 50.2 Å². The van der Waals surface area contributed by atoms with Gasteiger partial charge in [0.2, 0.25) is 15.9 Å². The van der Waals surface area contributed by atoms with Crippen molar-refractivity contribution in [1.29, 1.82) is 0 Å². The number of fused-ring (bicyclic) bond motifs is 2. The number of sulfonamides is 1. The first-order valence-electron chi connectivity index (χ1n) is 13.6. The fourth-order valence-electron chi connectivity index (χ4n) is 6.68. The predicted molar refractivity (Wildman–Crippen MR) is 148 cm³/mol. The summed E-state index contributed by atoms with van der Waals surface area (Å²) in [5.74, 6) is -0.186. The number of hydrogen-bond acceptors (Lipinski definition) is 6. The largest absolute Gasteiger partial charge is 0.377 e. The molecule has 0 N–H and O–H groups in total. The Morgan fingerprint density at radius 3 is 2.50 bits per heavy atom. The number of carbonyl (C=O) groups excluding carboxylic acids is 2. The molecule has 2 aromatic rings. The van der Waals surface area contributed by atoms with Crippen LogP contribution in [0.3, 0.4) is 0 Å². The van der Waals surface area contributed by atoms with Gasteiger partial charge in [0.15, 0.2) is 0 Å². The Morgan fingerprint density at radius 2 is 1.89 bits per heavy atom. The molecule has 5 rings (SSSR count). The molecule has 0 spiro atoms. The first kappa shape index (κ1) is 27.5. The average Bonchev–Trinajstić information content (AvgIpc) is 3.65. The molecule has 2 heterocycles. The Hall–Kier alpha value is -2.07. The number of hydrogen-bond donors (Lipinski definition) is 0. The molecule has 7 nitrogen and oxygen atoms in total. The van der Waals surface area contributed by atoms with Crippen molar-refractivity contribution in [1.82, 2.24) is 9.21 Å². The Bertz CT molecular complexity index is 1240. The fourth-order valence-corrected chi connectivity index (χ4v) is 9.58. The minimum Gasteiger partial charge on any atom is -0.377 e. The zero-order chi connectivity index (χ0) is 27.0. The minimum absolute atomic E-state index is 0.0640. The first-order chi connectivity index (χ1) is 18.1. The van der Waals surface area contributed by atoms with Gasteiger partial charge in [-0.25, -0.2) is 8.42 Å². The summed E-state index contributed by atoms with van der Waals surface area (Å²) in [6, 6.07) is 13.7. The third-order valence-electron chi connectivity index (χ3n) is 9.20. The van der Waals surface area contributed by atoms with Gasteiger partial charge in [0.25, 0.3) is 0 Å². The van der Waals surface area contributed by atoms with E-state index < -0.39 is 15.4 Å². The van der Waals surface area contributed by atoms with Crippen LogP contribution in [0.4, 0.5) is 0 Å². The number of Topliss-reactive ketones (excluding diaryl/α,β-unsaturated/α-hetero) is 1. The molecule has 2 aliphatic carbocycles. The standard InChI is InChI=1S/C29H38N2O5S2/c1-28(2)23-12-13-29(28,26(32)16-23)21-38(34,35)31(18-24-10-6-14-36-24)20-27(33)30(19-25-11-7-15-37-25)17-22-8-4-3-5-9-22/h3-5,7-9,11,15,23-24H,6,10,12-14,16-21H2,1-2H3. The second-order valence-electron chi connectivity index (χ2n) is 11.7. The molecule has 38 heavy (non-hydrogen) atoms. The number of ketones is 1. The van der Waals surface area contributed by atoms with E-state index in [4.69, 9.17) is 4.74 Å². The highest BCUT2D eigenvalue weighted by Crippen LogP contribution is 2.64. The summed E-state index contributed by atoms with van der Waals surface area (Å²) in [5.41, 5.74) is -0.260. The van der Waals surface area contributed by atoms with E-state index >= 15 is 0 Å². The molecule has 1 aromatic heterocycles. The van der Waals surface area contributed by atoms with Gasteiger partial charge in [-0.05, 0) is 54.0 Å². The topological polar surface area (TPSA) is 84.0 Å². The van der Waals surface area contributed by atoms with Crippen molar-refractivity contribution >= 4 is 33.1 Å². The Morgan fingerprint density at radius 1 is 1.11 bits per heavy atom. The van der Waals surface area contributed by atoms with Crippen LogP contribution in [0.2, 0.25) is 0 Å². The van der Waals surface area contributed by atoms with E-state index in [1.165, 1.54) is 4.31 Å². The molecule has 1 amide bonds. The number of rotatable bonds is 11. The lowest BCUT2D eigenvalue weighted by Crippen LogP contribution is -2.50. The Labute approximate surface area is 230 Å². The molecule has 2 saturated carbocycles. The van der Waals surface area contributed by atoms with Crippen molar-refractivity contribution in [3.8, 4) is 0 Å². The predicted octanol–water partition coefficient (Wildman–Crippen LogP) is 4.48. The summed E-state index contributed by atoms with van der Waals surface area (Å²) in [6.07, 6.45) is 3.34. The number of amides is 1. The van der Waals surface area contributed by atoms with E-state index in [9.17, 15) is 18.0 Å². The zero-order valence-corrected chi connectivity index (χ0v) is 23.9. The normalized spacial score (nSPS) is 26.3. The van der Waals surface area contributed by atoms with Crippen LogP contribution in [0.25, 0.3) is 0 Å². The molecule has 9 heteroatoms. The SMILES string of the molecule is CC1(C)C2CCC1(CS(=O)(=O)N(CC(=O)N(Cc1ccccc1)Cc1cccs1)CC1CCCO1)C(=O)C2. The van der Waals surface area contributed by atoms with Gasteiger partial charge in [-0.2, -0.15) is 4.31 Å². The van der Waals surface area contributed by atoms with E-state index in [1.807, 2.05) is 61.7 Å². The van der Waals surface area contributed by atoms with Crippen molar-refractivity contribution in [3.63, 3.8) is 0 Å². The summed E-state index contributed by atoms with van der Waals surface area (Å²) in [5, 5.41) is 1.98. The van der Waals surface area contributed by atoms with Crippen molar-refractivity contribution in [3.05, 3.63) is 58.3 Å². The molecule has 2 bridgehead atoms. The number of carbonyl (C=O) groups is 2. The van der Waals surface area contributed by atoms with Crippen molar-refractivity contribution in [2.45, 2.75) is 65.1 Å². The molecule has 1 saturated heterocycles. The molecule has 1 aromatic carbocycles. The van der Waals surface area contributed by atoms with Gasteiger partial charge in [-0.15, -0.1) is 11.3 Å². The van der Waals surface area contributed by atoms with E-state index in [2.05, 4.69) is 0 Å². The summed E-state index contributed by atoms with van der Waals surface area (Å²) < 4.78 is 35.3. The number of benzene rings is 1. The molecular weight excluding hydrogens is 520 g/mol. The second kappa shape index (κ2) is 10.8. The van der Waals surface area contributed by atoms with Crippen molar-refractivity contribution in [2.75, 3.05) is 25.4 Å². The maximum atomic E-state index is 14.1. The molecule has 1 aliphatic heterocycles. The molecule has 206 valence electrons. The highest BCUT2D eigenvalue weighted by atomic mass is 32.2. The van der Waals surface area contributed by atoms with Crippen LogP contribution in [0, 0.1) is 16.7 Å². The van der Waals surface area contributed by atoms with Gasteiger partial charge in [0.05, 0.1) is 24.9 Å². The maximum absolute atomic E-state index is 14.1. The third kappa shape index (κ3) is 5.35. The molecule has 3 fully saturated rings. The van der Waals surface area contributed by atoms with Gasteiger partial charge in [0, 0.05) is 36.4 Å². The van der Waals surface area contributed by atoms with E-state index in [1.54, 1.807) is 16.2 Å². The summed E-state index contributed by atoms with van der Waals surface area (Å²) in [6.45, 7) is 5.38. The van der Waals surface area contributed by atoms with Crippen LogP contribution in [0.5, 0.6) is 0 Å². The van der Waals surface area contributed by atoms with E-state index in [0.717, 1.165) is 29.7 Å². The van der Waals surface area contributed by atoms with Crippen LogP contribution >= 0.6 is 11.3 Å². The lowest BCUT2D eigenvalue weighted by atomic mass is 9.70. The summed E-state index contributed by atoms with van der Waals surface area (Å²) in [7, 11) is -3.92. The monoisotopic (exact) mass is 558 g/mol. The minimum atomic E-state index is -3.92. The summed E-state index contributed by atoms with van der Waals surface area (Å²) >= 11 is 1.57. The lowest BCUT2D eigenvalue weighted by molar-refractivity contribution is -0.132. The van der Waals surface area contributed by atoms with Gasteiger partial charge in [0.1, 0.15) is 5.78 Å². The Kier molecular flexibility index (Phi) is 7.84. The Balaban J connectivity index is 1.40. The number of nitrogens with zero attached hydrogens (tertiary/aromatic N) is 2. The van der Waals surface area contributed by atoms with Crippen LogP contribution in [0.1, 0.15) is 56.4 Å². The number of ether oxygens (including phenoxy) is 1. The average molecular weight is 559 g/mol. The first-order valence-corrected chi connectivity index (χ1v) is 16.1.